The summed E-state index contributed by atoms with van der Waals surface area (Å²) in [4.78, 5) is 28.8. The number of aliphatic hydroxyl groups is 1. The van der Waals surface area contributed by atoms with Gasteiger partial charge >= 0.3 is 5.91 Å². The molecule has 0 saturated carbocycles. The average molecular weight is 636 g/mol. The summed E-state index contributed by atoms with van der Waals surface area (Å²) >= 11 is 2.76. The van der Waals surface area contributed by atoms with Crippen LogP contribution in [0.25, 0.3) is 16.5 Å². The molecule has 2 atom stereocenters. The largest absolute Gasteiger partial charge is 0.507 e. The number of ether oxygens (including phenoxy) is 2. The van der Waals surface area contributed by atoms with E-state index in [0.29, 0.717) is 40.0 Å². The Bertz CT molecular complexity index is 1980. The molecule has 0 radical (unpaired) electrons. The van der Waals surface area contributed by atoms with Gasteiger partial charge in [0.05, 0.1) is 18.2 Å². The third-order valence-corrected chi connectivity index (χ3v) is 10.0. The number of carbonyl (C=O) groups is 2. The van der Waals surface area contributed by atoms with Crippen LogP contribution in [0.5, 0.6) is 11.5 Å². The van der Waals surface area contributed by atoms with Crippen LogP contribution in [-0.2, 0) is 21.8 Å². The first-order valence-electron chi connectivity index (χ1n) is 14.7. The number of amides is 1. The molecule has 1 N–H and O–H groups in total. The van der Waals surface area contributed by atoms with Gasteiger partial charge in [-0.1, -0.05) is 77.7 Å². The predicted molar refractivity (Wildman–Crippen MR) is 176 cm³/mol. The van der Waals surface area contributed by atoms with E-state index in [1.54, 1.807) is 24.3 Å². The maximum Gasteiger partial charge on any atom is 0.301 e. The van der Waals surface area contributed by atoms with Gasteiger partial charge in [0, 0.05) is 17.7 Å². The van der Waals surface area contributed by atoms with Crippen molar-refractivity contribution in [3.8, 4) is 11.5 Å². The van der Waals surface area contributed by atoms with Crippen LogP contribution in [0.2, 0.25) is 0 Å². The monoisotopic (exact) mass is 635 g/mol. The minimum Gasteiger partial charge on any atom is -0.507 e. The summed E-state index contributed by atoms with van der Waals surface area (Å²) in [7, 11) is 0. The lowest BCUT2D eigenvalue weighted by atomic mass is 9.94. The normalized spacial score (nSPS) is 18.8. The number of anilines is 1. The quantitative estimate of drug-likeness (QED) is 0.0622. The molecule has 2 aliphatic heterocycles. The van der Waals surface area contributed by atoms with Gasteiger partial charge < -0.3 is 14.6 Å². The maximum absolute atomic E-state index is 13.7. The molecule has 0 bridgehead atoms. The number of aliphatic hydroxyl groups excluding tert-OH is 1. The highest BCUT2D eigenvalue weighted by Gasteiger charge is 2.48. The Morgan fingerprint density at radius 3 is 2.73 bits per heavy atom. The Morgan fingerprint density at radius 2 is 1.87 bits per heavy atom. The highest BCUT2D eigenvalue weighted by atomic mass is 32.2. The molecule has 7 rings (SSSR count). The summed E-state index contributed by atoms with van der Waals surface area (Å²) < 4.78 is 12.2. The summed E-state index contributed by atoms with van der Waals surface area (Å²) in [6.07, 6.45) is 0.712. The van der Waals surface area contributed by atoms with E-state index in [9.17, 15) is 14.7 Å². The van der Waals surface area contributed by atoms with Gasteiger partial charge in [0.25, 0.3) is 5.78 Å². The van der Waals surface area contributed by atoms with Gasteiger partial charge in [-0.15, -0.1) is 10.2 Å². The van der Waals surface area contributed by atoms with Crippen molar-refractivity contribution in [3.63, 3.8) is 0 Å². The van der Waals surface area contributed by atoms with E-state index in [-0.39, 0.29) is 22.6 Å². The number of carbonyl (C=O) groups excluding carboxylic acids is 2. The Kier molecular flexibility index (Phi) is 7.76. The molecule has 10 heteroatoms. The summed E-state index contributed by atoms with van der Waals surface area (Å²) in [6.45, 7) is 4.32. The number of aromatic nitrogens is 2. The van der Waals surface area contributed by atoms with Crippen molar-refractivity contribution in [2.45, 2.75) is 42.5 Å². The number of fused-ring (bicyclic) bond motifs is 2. The molecule has 1 saturated heterocycles. The molecule has 0 unspecified atom stereocenters. The first-order valence-corrected chi connectivity index (χ1v) is 16.5. The van der Waals surface area contributed by atoms with Gasteiger partial charge in [0.1, 0.15) is 23.4 Å². The number of benzene rings is 4. The van der Waals surface area contributed by atoms with Crippen LogP contribution in [0.15, 0.2) is 94.8 Å². The maximum atomic E-state index is 13.7. The molecule has 226 valence electrons. The first kappa shape index (κ1) is 29.1. The number of hydrogen-bond donors (Lipinski definition) is 1. The van der Waals surface area contributed by atoms with Gasteiger partial charge in [-0.05, 0) is 71.6 Å². The molecule has 0 aliphatic carbocycles. The molecule has 1 amide bonds. The zero-order valence-corrected chi connectivity index (χ0v) is 26.2. The Hall–Kier alpha value is -4.67. The van der Waals surface area contributed by atoms with Crippen molar-refractivity contribution in [2.24, 2.45) is 0 Å². The molecule has 4 aromatic carbocycles. The van der Waals surface area contributed by atoms with Crippen molar-refractivity contribution in [2.75, 3.05) is 11.5 Å². The smallest absolute Gasteiger partial charge is 0.301 e. The van der Waals surface area contributed by atoms with Crippen LogP contribution < -0.4 is 14.4 Å². The van der Waals surface area contributed by atoms with Crippen molar-refractivity contribution in [1.82, 2.24) is 10.2 Å². The summed E-state index contributed by atoms with van der Waals surface area (Å²) in [5.41, 5.74) is 3.14. The van der Waals surface area contributed by atoms with Crippen molar-refractivity contribution >= 4 is 56.5 Å². The Balaban J connectivity index is 1.26. The van der Waals surface area contributed by atoms with E-state index >= 15 is 0 Å². The molecule has 5 aromatic rings. The van der Waals surface area contributed by atoms with E-state index in [0.717, 1.165) is 22.3 Å². The third-order valence-electron chi connectivity index (χ3n) is 7.93. The SMILES string of the molecule is CCOc1cccc([C@H]2C(=C(O)c3ccc4c(c3)C[C@@H](C)O4)C(=O)C(=O)N2c2nnc(SCc3cccc4ccccc34)s2)c1. The molecule has 1 fully saturated rings. The second-order valence-corrected chi connectivity index (χ2v) is 13.1. The van der Waals surface area contributed by atoms with E-state index in [2.05, 4.69) is 34.5 Å². The van der Waals surface area contributed by atoms with Gasteiger partial charge in [-0.25, -0.2) is 0 Å². The van der Waals surface area contributed by atoms with Crippen molar-refractivity contribution < 1.29 is 24.2 Å². The number of hydrogen-bond acceptors (Lipinski definition) is 9. The van der Waals surface area contributed by atoms with Crippen LogP contribution in [0.4, 0.5) is 5.13 Å². The summed E-state index contributed by atoms with van der Waals surface area (Å²) in [6, 6.07) is 26.0. The second-order valence-electron chi connectivity index (χ2n) is 10.9. The fourth-order valence-electron chi connectivity index (χ4n) is 5.93. The van der Waals surface area contributed by atoms with Crippen LogP contribution in [0, 0.1) is 0 Å². The molecule has 45 heavy (non-hydrogen) atoms. The van der Waals surface area contributed by atoms with Gasteiger partial charge in [0.15, 0.2) is 4.34 Å². The molecule has 1 aromatic heterocycles. The lowest BCUT2D eigenvalue weighted by molar-refractivity contribution is -0.132. The number of thioether (sulfide) groups is 1. The van der Waals surface area contributed by atoms with Crippen molar-refractivity contribution in [3.05, 3.63) is 113 Å². The molecular formula is C35H29N3O5S2. The lowest BCUT2D eigenvalue weighted by Gasteiger charge is -2.23. The minimum absolute atomic E-state index is 0.0132. The van der Waals surface area contributed by atoms with Gasteiger partial charge in [0.2, 0.25) is 5.13 Å². The number of Topliss-reactive ketones (excluding diaryl/α,β-unsaturated/α-hetero) is 1. The Morgan fingerprint density at radius 1 is 1.04 bits per heavy atom. The molecular weight excluding hydrogens is 607 g/mol. The van der Waals surface area contributed by atoms with Gasteiger partial charge in [-0.3, -0.25) is 14.5 Å². The fraction of sp³-hybridized carbons (Fsp3) is 0.200. The Labute approximate surface area is 268 Å². The fourth-order valence-corrected chi connectivity index (χ4v) is 7.80. The number of ketones is 1. The summed E-state index contributed by atoms with van der Waals surface area (Å²) in [5, 5.41) is 23.0. The van der Waals surface area contributed by atoms with Crippen LogP contribution in [0.1, 0.15) is 42.1 Å². The lowest BCUT2D eigenvalue weighted by Crippen LogP contribution is -2.29. The third kappa shape index (κ3) is 5.44. The minimum atomic E-state index is -0.933. The highest BCUT2D eigenvalue weighted by Crippen LogP contribution is 2.45. The number of nitrogens with zero attached hydrogens (tertiary/aromatic N) is 3. The molecule has 3 heterocycles. The van der Waals surface area contributed by atoms with Crippen LogP contribution in [0.3, 0.4) is 0 Å². The zero-order valence-electron chi connectivity index (χ0n) is 24.6. The molecule has 0 spiro atoms. The first-order chi connectivity index (χ1) is 21.9. The average Bonchev–Trinajstić information content (AvgIpc) is 3.74. The molecule has 2 aliphatic rings. The van der Waals surface area contributed by atoms with Crippen LogP contribution >= 0.6 is 23.1 Å². The predicted octanol–water partition coefficient (Wildman–Crippen LogP) is 7.33. The van der Waals surface area contributed by atoms with Gasteiger partial charge in [-0.2, -0.15) is 0 Å². The van der Waals surface area contributed by atoms with E-state index in [1.165, 1.54) is 33.4 Å². The highest BCUT2D eigenvalue weighted by molar-refractivity contribution is 8.00. The van der Waals surface area contributed by atoms with Crippen molar-refractivity contribution in [1.29, 1.82) is 0 Å². The second kappa shape index (κ2) is 12.0. The zero-order chi connectivity index (χ0) is 31.1. The topological polar surface area (TPSA) is 102 Å². The van der Waals surface area contributed by atoms with E-state index < -0.39 is 17.7 Å². The molecule has 8 nitrogen and oxygen atoms in total. The number of rotatable bonds is 8. The summed E-state index contributed by atoms with van der Waals surface area (Å²) in [5.74, 6) is 0.193. The van der Waals surface area contributed by atoms with E-state index in [1.807, 2.05) is 50.2 Å². The standard InChI is InChI=1S/C35H29N3O5S2/c1-3-42-26-12-7-10-22(18-26)30-29(31(39)23-14-15-28-25(17-23)16-20(2)43-28)32(40)33(41)38(30)34-36-37-35(45-34)44-19-24-11-6-9-21-8-4-5-13-27(21)24/h4-15,17-18,20,30,39H,3,16,19H2,1-2H3/t20-,30+/m1/s1. The van der Waals surface area contributed by atoms with Crippen LogP contribution in [-0.4, -0.2) is 39.7 Å². The van der Waals surface area contributed by atoms with E-state index in [4.69, 9.17) is 9.47 Å².